The van der Waals surface area contributed by atoms with E-state index in [1.165, 1.54) is 0 Å². The van der Waals surface area contributed by atoms with Crippen molar-refractivity contribution in [2.45, 2.75) is 26.3 Å². The van der Waals surface area contributed by atoms with Crippen molar-refractivity contribution < 1.29 is 0 Å². The Kier molecular flexibility index (Phi) is 3.40. The Balaban J connectivity index is 1.99. The van der Waals surface area contributed by atoms with Crippen LogP contribution in [0.25, 0.3) is 10.2 Å². The fourth-order valence-corrected chi connectivity index (χ4v) is 3.16. The lowest BCUT2D eigenvalue weighted by Crippen LogP contribution is -2.15. The molecular formula is C14H17N5S. The summed E-state index contributed by atoms with van der Waals surface area (Å²) in [6, 6.07) is 4.30. The number of hydrogen-bond acceptors (Lipinski definition) is 5. The number of nitrogens with one attached hydrogen (secondary N) is 1. The maximum atomic E-state index is 4.56. The molecule has 3 heterocycles. The topological polar surface area (TPSA) is 55.6 Å². The van der Waals surface area contributed by atoms with Crippen LogP contribution in [0, 0.1) is 6.92 Å². The Morgan fingerprint density at radius 3 is 2.90 bits per heavy atom. The summed E-state index contributed by atoms with van der Waals surface area (Å²) < 4.78 is 1.90. The summed E-state index contributed by atoms with van der Waals surface area (Å²) >= 11 is 1.64. The highest BCUT2D eigenvalue weighted by atomic mass is 32.1. The van der Waals surface area contributed by atoms with Crippen molar-refractivity contribution in [1.29, 1.82) is 0 Å². The molecule has 0 spiro atoms. The van der Waals surface area contributed by atoms with Gasteiger partial charge >= 0.3 is 0 Å². The standard InChI is InChI=1S/C14H17N5S/c1-4-11(12-5-7-15-19(12)3)18-13-10-6-8-20-14(10)17-9(2)16-13/h5-8,11H,4H2,1-3H3,(H,16,17,18)/t11-/m1/s1. The first-order valence-electron chi connectivity index (χ1n) is 6.65. The first-order chi connectivity index (χ1) is 9.69. The van der Waals surface area contributed by atoms with Crippen LogP contribution in [0.3, 0.4) is 0 Å². The number of aromatic nitrogens is 4. The van der Waals surface area contributed by atoms with Crippen LogP contribution in [0.1, 0.15) is 30.9 Å². The predicted octanol–water partition coefficient (Wildman–Crippen LogP) is 3.30. The maximum absolute atomic E-state index is 4.56. The van der Waals surface area contributed by atoms with E-state index in [9.17, 15) is 0 Å². The van der Waals surface area contributed by atoms with E-state index in [1.54, 1.807) is 11.3 Å². The third-order valence-electron chi connectivity index (χ3n) is 3.37. The molecule has 104 valence electrons. The fraction of sp³-hybridized carbons (Fsp3) is 0.357. The Hall–Kier alpha value is -1.95. The lowest BCUT2D eigenvalue weighted by molar-refractivity contribution is 0.632. The molecule has 0 radical (unpaired) electrons. The van der Waals surface area contributed by atoms with Gasteiger partial charge in [0, 0.05) is 13.2 Å². The molecule has 1 N–H and O–H groups in total. The van der Waals surface area contributed by atoms with Crippen LogP contribution in [-0.4, -0.2) is 19.7 Å². The van der Waals surface area contributed by atoms with Crippen LogP contribution in [0.15, 0.2) is 23.7 Å². The van der Waals surface area contributed by atoms with E-state index in [-0.39, 0.29) is 6.04 Å². The third-order valence-corrected chi connectivity index (χ3v) is 4.18. The minimum Gasteiger partial charge on any atom is -0.361 e. The second-order valence-corrected chi connectivity index (χ2v) is 5.64. The van der Waals surface area contributed by atoms with Gasteiger partial charge in [0.15, 0.2) is 0 Å². The van der Waals surface area contributed by atoms with Crippen LogP contribution < -0.4 is 5.32 Å². The number of fused-ring (bicyclic) bond motifs is 1. The van der Waals surface area contributed by atoms with E-state index in [4.69, 9.17) is 0 Å². The quantitative estimate of drug-likeness (QED) is 0.800. The highest BCUT2D eigenvalue weighted by Gasteiger charge is 2.16. The van der Waals surface area contributed by atoms with E-state index in [2.05, 4.69) is 38.8 Å². The summed E-state index contributed by atoms with van der Waals surface area (Å²) in [5.74, 6) is 1.70. The van der Waals surface area contributed by atoms with Gasteiger partial charge < -0.3 is 5.32 Å². The molecule has 3 rings (SSSR count). The van der Waals surface area contributed by atoms with Gasteiger partial charge in [-0.15, -0.1) is 11.3 Å². The number of aryl methyl sites for hydroxylation is 2. The molecule has 20 heavy (non-hydrogen) atoms. The molecule has 6 heteroatoms. The molecule has 0 saturated carbocycles. The first-order valence-corrected chi connectivity index (χ1v) is 7.53. The predicted molar refractivity (Wildman–Crippen MR) is 82.0 cm³/mol. The van der Waals surface area contributed by atoms with Crippen molar-refractivity contribution in [3.05, 3.63) is 35.2 Å². The van der Waals surface area contributed by atoms with Crippen molar-refractivity contribution in [1.82, 2.24) is 19.7 Å². The summed E-state index contributed by atoms with van der Waals surface area (Å²) in [6.07, 6.45) is 2.79. The van der Waals surface area contributed by atoms with Gasteiger partial charge in [0.25, 0.3) is 0 Å². The molecule has 1 atom stereocenters. The van der Waals surface area contributed by atoms with E-state index in [0.29, 0.717) is 0 Å². The Morgan fingerprint density at radius 2 is 2.20 bits per heavy atom. The number of thiophene rings is 1. The smallest absolute Gasteiger partial charge is 0.139 e. The second-order valence-electron chi connectivity index (χ2n) is 4.74. The van der Waals surface area contributed by atoms with Crippen LogP contribution in [-0.2, 0) is 7.05 Å². The van der Waals surface area contributed by atoms with Crippen LogP contribution in [0.5, 0.6) is 0 Å². The minimum absolute atomic E-state index is 0.194. The van der Waals surface area contributed by atoms with E-state index >= 15 is 0 Å². The lowest BCUT2D eigenvalue weighted by atomic mass is 10.1. The zero-order chi connectivity index (χ0) is 14.1. The average molecular weight is 287 g/mol. The molecule has 3 aromatic rings. The molecular weight excluding hydrogens is 270 g/mol. The monoisotopic (exact) mass is 287 g/mol. The Labute approximate surface area is 121 Å². The zero-order valence-electron chi connectivity index (χ0n) is 11.8. The molecule has 0 bridgehead atoms. The van der Waals surface area contributed by atoms with Gasteiger partial charge in [-0.25, -0.2) is 9.97 Å². The van der Waals surface area contributed by atoms with Crippen LogP contribution in [0.2, 0.25) is 0 Å². The molecule has 0 unspecified atom stereocenters. The molecule has 5 nitrogen and oxygen atoms in total. The van der Waals surface area contributed by atoms with Crippen molar-refractivity contribution >= 4 is 27.4 Å². The second kappa shape index (κ2) is 5.20. The van der Waals surface area contributed by atoms with Crippen LogP contribution >= 0.6 is 11.3 Å². The summed E-state index contributed by atoms with van der Waals surface area (Å²) in [5.41, 5.74) is 1.16. The Bertz CT molecular complexity index is 730. The molecule has 0 aliphatic heterocycles. The van der Waals surface area contributed by atoms with Gasteiger partial charge in [0.05, 0.1) is 17.1 Å². The first kappa shape index (κ1) is 13.1. The van der Waals surface area contributed by atoms with Gasteiger partial charge in [-0.1, -0.05) is 6.92 Å². The summed E-state index contributed by atoms with van der Waals surface area (Å²) in [7, 11) is 1.96. The number of rotatable bonds is 4. The van der Waals surface area contributed by atoms with E-state index in [1.807, 2.05) is 30.9 Å². The van der Waals surface area contributed by atoms with Crippen molar-refractivity contribution in [2.75, 3.05) is 5.32 Å². The van der Waals surface area contributed by atoms with E-state index in [0.717, 1.165) is 34.0 Å². The maximum Gasteiger partial charge on any atom is 0.139 e. The molecule has 0 aliphatic carbocycles. The molecule has 0 aliphatic rings. The van der Waals surface area contributed by atoms with Gasteiger partial charge in [0.2, 0.25) is 0 Å². The van der Waals surface area contributed by atoms with Gasteiger partial charge in [-0.3, -0.25) is 4.68 Å². The van der Waals surface area contributed by atoms with Gasteiger partial charge in [-0.2, -0.15) is 5.10 Å². The molecule has 0 amide bonds. The lowest BCUT2D eigenvalue weighted by Gasteiger charge is -2.18. The third kappa shape index (κ3) is 2.27. The normalized spacial score (nSPS) is 12.8. The summed E-state index contributed by atoms with van der Waals surface area (Å²) in [4.78, 5) is 10.0. The number of nitrogens with zero attached hydrogens (tertiary/aromatic N) is 4. The highest BCUT2D eigenvalue weighted by molar-refractivity contribution is 7.16. The molecule has 0 fully saturated rings. The molecule has 0 aromatic carbocycles. The fourth-order valence-electron chi connectivity index (χ4n) is 2.35. The number of hydrogen-bond donors (Lipinski definition) is 1. The highest BCUT2D eigenvalue weighted by Crippen LogP contribution is 2.28. The van der Waals surface area contributed by atoms with Crippen molar-refractivity contribution in [3.8, 4) is 0 Å². The average Bonchev–Trinajstić information content (AvgIpc) is 3.04. The van der Waals surface area contributed by atoms with Crippen molar-refractivity contribution in [2.24, 2.45) is 7.05 Å². The number of anilines is 1. The summed E-state index contributed by atoms with van der Waals surface area (Å²) in [5, 5.41) is 10.9. The van der Waals surface area contributed by atoms with Gasteiger partial charge in [0.1, 0.15) is 16.5 Å². The van der Waals surface area contributed by atoms with Crippen molar-refractivity contribution in [3.63, 3.8) is 0 Å². The Morgan fingerprint density at radius 1 is 1.35 bits per heavy atom. The minimum atomic E-state index is 0.194. The molecule has 3 aromatic heterocycles. The largest absolute Gasteiger partial charge is 0.361 e. The summed E-state index contributed by atoms with van der Waals surface area (Å²) in [6.45, 7) is 4.08. The van der Waals surface area contributed by atoms with Gasteiger partial charge in [-0.05, 0) is 30.9 Å². The van der Waals surface area contributed by atoms with Crippen LogP contribution in [0.4, 0.5) is 5.82 Å². The van der Waals surface area contributed by atoms with E-state index < -0.39 is 0 Å². The SMILES string of the molecule is CC[C@@H](Nc1nc(C)nc2sccc12)c1ccnn1C. The zero-order valence-corrected chi connectivity index (χ0v) is 12.6. The molecule has 0 saturated heterocycles.